The highest BCUT2D eigenvalue weighted by molar-refractivity contribution is 5.45. The van der Waals surface area contributed by atoms with Gasteiger partial charge >= 0.3 is 0 Å². The second-order valence-electron chi connectivity index (χ2n) is 4.56. The highest BCUT2D eigenvalue weighted by Gasteiger charge is 2.42. The van der Waals surface area contributed by atoms with Crippen LogP contribution in [0.4, 0.5) is 0 Å². The number of rotatable bonds is 1. The van der Waals surface area contributed by atoms with Crippen LogP contribution in [0.3, 0.4) is 0 Å². The lowest BCUT2D eigenvalue weighted by Crippen LogP contribution is -2.03. The van der Waals surface area contributed by atoms with Gasteiger partial charge in [-0.2, -0.15) is 0 Å². The van der Waals surface area contributed by atoms with Gasteiger partial charge in [0, 0.05) is 0 Å². The standard InChI is InChI=1S/C14H14/c1-2-14(8-9-14)13-7-6-11-4-3-5-12(11)10-13/h1,6-7,10H,3-5,8-9H2. The molecule has 1 fully saturated rings. The minimum absolute atomic E-state index is 0.123. The summed E-state index contributed by atoms with van der Waals surface area (Å²) in [7, 11) is 0. The van der Waals surface area contributed by atoms with Crippen LogP contribution in [0.1, 0.15) is 36.0 Å². The molecule has 14 heavy (non-hydrogen) atoms. The van der Waals surface area contributed by atoms with Crippen LogP contribution in [0.25, 0.3) is 0 Å². The third-order valence-electron chi connectivity index (χ3n) is 3.68. The first kappa shape index (κ1) is 8.12. The normalized spacial score (nSPS) is 21.4. The molecule has 1 aromatic rings. The number of benzene rings is 1. The fourth-order valence-corrected chi connectivity index (χ4v) is 2.51. The maximum absolute atomic E-state index is 5.60. The van der Waals surface area contributed by atoms with Crippen molar-refractivity contribution in [1.82, 2.24) is 0 Å². The Morgan fingerprint density at radius 3 is 2.64 bits per heavy atom. The fourth-order valence-electron chi connectivity index (χ4n) is 2.51. The van der Waals surface area contributed by atoms with Crippen molar-refractivity contribution < 1.29 is 0 Å². The van der Waals surface area contributed by atoms with Gasteiger partial charge in [0.05, 0.1) is 5.41 Å². The van der Waals surface area contributed by atoms with Gasteiger partial charge in [0.1, 0.15) is 0 Å². The fraction of sp³-hybridized carbons (Fsp3) is 0.429. The minimum atomic E-state index is 0.123. The van der Waals surface area contributed by atoms with Gasteiger partial charge < -0.3 is 0 Å². The molecule has 0 saturated heterocycles. The molecular weight excluding hydrogens is 168 g/mol. The molecule has 0 heterocycles. The average Bonchev–Trinajstić information content (AvgIpc) is 2.89. The first-order valence-corrected chi connectivity index (χ1v) is 5.44. The van der Waals surface area contributed by atoms with Crippen molar-refractivity contribution in [1.29, 1.82) is 0 Å². The highest BCUT2D eigenvalue weighted by atomic mass is 14.4. The predicted molar refractivity (Wildman–Crippen MR) is 58.2 cm³/mol. The van der Waals surface area contributed by atoms with Gasteiger partial charge in [0.2, 0.25) is 0 Å². The summed E-state index contributed by atoms with van der Waals surface area (Å²) in [5.74, 6) is 2.96. The summed E-state index contributed by atoms with van der Waals surface area (Å²) in [5.41, 5.74) is 4.60. The lowest BCUT2D eigenvalue weighted by molar-refractivity contribution is 0.906. The Morgan fingerprint density at radius 1 is 1.14 bits per heavy atom. The minimum Gasteiger partial charge on any atom is -0.119 e. The Morgan fingerprint density at radius 2 is 1.93 bits per heavy atom. The van der Waals surface area contributed by atoms with E-state index in [-0.39, 0.29) is 5.41 Å². The molecule has 2 aliphatic carbocycles. The van der Waals surface area contributed by atoms with Gasteiger partial charge in [-0.15, -0.1) is 6.42 Å². The summed E-state index contributed by atoms with van der Waals surface area (Å²) in [6.07, 6.45) is 11.8. The quantitative estimate of drug-likeness (QED) is 0.586. The van der Waals surface area contributed by atoms with Gasteiger partial charge in [-0.3, -0.25) is 0 Å². The van der Waals surface area contributed by atoms with Gasteiger partial charge in [-0.1, -0.05) is 24.1 Å². The Kier molecular flexibility index (Phi) is 1.53. The second-order valence-corrected chi connectivity index (χ2v) is 4.56. The zero-order valence-corrected chi connectivity index (χ0v) is 8.34. The van der Waals surface area contributed by atoms with E-state index in [1.165, 1.54) is 37.7 Å². The highest BCUT2D eigenvalue weighted by Crippen LogP contribution is 2.48. The van der Waals surface area contributed by atoms with Crippen LogP contribution in [0.5, 0.6) is 0 Å². The number of aryl methyl sites for hydroxylation is 2. The third kappa shape index (κ3) is 1.02. The molecule has 0 bridgehead atoms. The molecule has 0 unspecified atom stereocenters. The molecule has 1 saturated carbocycles. The van der Waals surface area contributed by atoms with Crippen molar-refractivity contribution in [2.45, 2.75) is 37.5 Å². The SMILES string of the molecule is C#CC1(c2ccc3c(c2)CCC3)CC1. The number of fused-ring (bicyclic) bond motifs is 1. The molecule has 0 heteroatoms. The molecule has 1 aromatic carbocycles. The van der Waals surface area contributed by atoms with Crippen LogP contribution < -0.4 is 0 Å². The second kappa shape index (κ2) is 2.64. The van der Waals surface area contributed by atoms with Gasteiger partial charge in [-0.05, 0) is 48.8 Å². The Balaban J connectivity index is 2.06. The molecule has 0 atom stereocenters. The Bertz CT molecular complexity index is 416. The van der Waals surface area contributed by atoms with Crippen molar-refractivity contribution in [3.8, 4) is 12.3 Å². The van der Waals surface area contributed by atoms with Gasteiger partial charge in [-0.25, -0.2) is 0 Å². The summed E-state index contributed by atoms with van der Waals surface area (Å²) in [5, 5.41) is 0. The van der Waals surface area contributed by atoms with E-state index in [1.54, 1.807) is 11.1 Å². The molecule has 0 amide bonds. The van der Waals surface area contributed by atoms with Crippen LogP contribution >= 0.6 is 0 Å². The first-order valence-electron chi connectivity index (χ1n) is 5.44. The third-order valence-corrected chi connectivity index (χ3v) is 3.68. The summed E-state index contributed by atoms with van der Waals surface area (Å²) >= 11 is 0. The summed E-state index contributed by atoms with van der Waals surface area (Å²) in [4.78, 5) is 0. The van der Waals surface area contributed by atoms with Gasteiger partial charge in [0.15, 0.2) is 0 Å². The zero-order valence-electron chi connectivity index (χ0n) is 8.34. The van der Waals surface area contributed by atoms with E-state index < -0.39 is 0 Å². The monoisotopic (exact) mass is 182 g/mol. The zero-order chi connectivity index (χ0) is 9.60. The van der Waals surface area contributed by atoms with Crippen LogP contribution in [0.2, 0.25) is 0 Å². The van der Waals surface area contributed by atoms with E-state index in [0.717, 1.165) is 0 Å². The van der Waals surface area contributed by atoms with E-state index in [9.17, 15) is 0 Å². The molecule has 70 valence electrons. The van der Waals surface area contributed by atoms with E-state index in [4.69, 9.17) is 6.42 Å². The number of hydrogen-bond donors (Lipinski definition) is 0. The molecule has 0 nitrogen and oxygen atoms in total. The largest absolute Gasteiger partial charge is 0.119 e. The van der Waals surface area contributed by atoms with E-state index in [1.807, 2.05) is 0 Å². The molecule has 0 aromatic heterocycles. The van der Waals surface area contributed by atoms with Crippen LogP contribution in [-0.4, -0.2) is 0 Å². The van der Waals surface area contributed by atoms with Crippen molar-refractivity contribution in [3.63, 3.8) is 0 Å². The van der Waals surface area contributed by atoms with E-state index in [0.29, 0.717) is 0 Å². The van der Waals surface area contributed by atoms with Crippen LogP contribution in [-0.2, 0) is 18.3 Å². The Hall–Kier alpha value is -1.22. The summed E-state index contributed by atoms with van der Waals surface area (Å²) in [6.45, 7) is 0. The number of terminal acetylenes is 1. The Labute approximate surface area is 85.3 Å². The summed E-state index contributed by atoms with van der Waals surface area (Å²) < 4.78 is 0. The van der Waals surface area contributed by atoms with Crippen molar-refractivity contribution >= 4 is 0 Å². The molecule has 3 rings (SSSR count). The predicted octanol–water partition coefficient (Wildman–Crippen LogP) is 2.84. The molecule has 0 N–H and O–H groups in total. The van der Waals surface area contributed by atoms with E-state index in [2.05, 4.69) is 24.1 Å². The van der Waals surface area contributed by atoms with Gasteiger partial charge in [0.25, 0.3) is 0 Å². The topological polar surface area (TPSA) is 0 Å². The molecule has 0 aliphatic heterocycles. The van der Waals surface area contributed by atoms with Crippen molar-refractivity contribution in [2.75, 3.05) is 0 Å². The van der Waals surface area contributed by atoms with Crippen LogP contribution in [0, 0.1) is 12.3 Å². The molecular formula is C14H14. The van der Waals surface area contributed by atoms with Crippen LogP contribution in [0.15, 0.2) is 18.2 Å². The van der Waals surface area contributed by atoms with Crippen molar-refractivity contribution in [2.24, 2.45) is 0 Å². The maximum atomic E-state index is 5.60. The molecule has 0 radical (unpaired) electrons. The molecule has 0 spiro atoms. The van der Waals surface area contributed by atoms with Crippen molar-refractivity contribution in [3.05, 3.63) is 34.9 Å². The smallest absolute Gasteiger partial charge is 0.0561 e. The lowest BCUT2D eigenvalue weighted by atomic mass is 9.94. The lowest BCUT2D eigenvalue weighted by Gasteiger charge is -2.09. The average molecular weight is 182 g/mol. The summed E-state index contributed by atoms with van der Waals surface area (Å²) in [6, 6.07) is 6.89. The number of hydrogen-bond acceptors (Lipinski definition) is 0. The first-order chi connectivity index (χ1) is 6.84. The maximum Gasteiger partial charge on any atom is 0.0561 e. The molecule has 2 aliphatic rings. The van der Waals surface area contributed by atoms with E-state index >= 15 is 0 Å².